The molecule has 0 spiro atoms. The maximum absolute atomic E-state index is 15.5. The van der Waals surface area contributed by atoms with E-state index in [1.807, 2.05) is 30.3 Å². The molecule has 1 saturated carbocycles. The molecule has 6 unspecified atom stereocenters. The molecule has 2 aliphatic carbocycles. The van der Waals surface area contributed by atoms with Crippen LogP contribution >= 0.6 is 11.6 Å². The van der Waals surface area contributed by atoms with Crippen molar-refractivity contribution < 1.29 is 33.5 Å². The number of nitrogens with zero attached hydrogens (tertiary/aromatic N) is 2. The van der Waals surface area contributed by atoms with E-state index in [9.17, 15) is 28.7 Å². The summed E-state index contributed by atoms with van der Waals surface area (Å²) >= 11 is 6.42. The van der Waals surface area contributed by atoms with E-state index in [2.05, 4.69) is 5.43 Å². The maximum Gasteiger partial charge on any atom is 0.260 e. The Kier molecular flexibility index (Phi) is 8.80. The van der Waals surface area contributed by atoms with Crippen LogP contribution < -0.4 is 10.3 Å². The van der Waals surface area contributed by atoms with Crippen LogP contribution in [0.2, 0.25) is 5.02 Å². The Hall–Kier alpha value is -6.91. The van der Waals surface area contributed by atoms with Crippen LogP contribution in [0.15, 0.2) is 151 Å². The van der Waals surface area contributed by atoms with Crippen molar-refractivity contribution in [1.29, 1.82) is 0 Å². The van der Waals surface area contributed by atoms with Gasteiger partial charge >= 0.3 is 0 Å². The van der Waals surface area contributed by atoms with E-state index in [1.54, 1.807) is 91.0 Å². The van der Waals surface area contributed by atoms with Gasteiger partial charge in [-0.3, -0.25) is 34.3 Å². The van der Waals surface area contributed by atoms with Crippen molar-refractivity contribution in [1.82, 2.24) is 5.01 Å². The molecule has 9 nitrogen and oxygen atoms in total. The standard InChI is InChI=1S/C49H35ClFN3O6/c50-31-15-13-30(14-16-31)49-40(46(58)54(48(49)60)52-33-19-17-32(51)18-20-33)26-39-36(42(49)38-23-12-27-6-4-5-9-35(27)44(38)56)24-25-37-41(39)47(59)53(45(37)57)34-21-10-29(11-22-34)43(55)28-7-2-1-3-8-28/h1-24,37,39-42,52,56H,25-26H2. The predicted molar refractivity (Wildman–Crippen MR) is 223 cm³/mol. The van der Waals surface area contributed by atoms with Gasteiger partial charge in [-0.1, -0.05) is 102 Å². The zero-order chi connectivity index (χ0) is 41.4. The number of hydrogen-bond acceptors (Lipinski definition) is 7. The van der Waals surface area contributed by atoms with Crippen LogP contribution in [0.3, 0.4) is 0 Å². The summed E-state index contributed by atoms with van der Waals surface area (Å²) in [6.45, 7) is 0. The number of amides is 4. The topological polar surface area (TPSA) is 124 Å². The lowest BCUT2D eigenvalue weighted by Crippen LogP contribution is -2.53. The molecule has 10 rings (SSSR count). The number of aromatic hydroxyl groups is 1. The molecular weight excluding hydrogens is 781 g/mol. The van der Waals surface area contributed by atoms with Crippen molar-refractivity contribution >= 4 is 63.2 Å². The lowest BCUT2D eigenvalue weighted by atomic mass is 9.49. The van der Waals surface area contributed by atoms with Crippen molar-refractivity contribution in [3.05, 3.63) is 184 Å². The Morgan fingerprint density at radius 1 is 0.733 bits per heavy atom. The summed E-state index contributed by atoms with van der Waals surface area (Å²) in [4.78, 5) is 74.0. The minimum absolute atomic E-state index is 0.0318. The molecule has 11 heteroatoms. The largest absolute Gasteiger partial charge is 0.507 e. The number of fused-ring (bicyclic) bond motifs is 5. The smallest absolute Gasteiger partial charge is 0.260 e. The highest BCUT2D eigenvalue weighted by atomic mass is 35.5. The molecule has 2 aliphatic heterocycles. The Labute approximate surface area is 348 Å². The number of rotatable bonds is 7. The average molecular weight is 816 g/mol. The first-order valence-corrected chi connectivity index (χ1v) is 20.1. The molecule has 4 amide bonds. The van der Waals surface area contributed by atoms with Gasteiger partial charge < -0.3 is 5.11 Å². The predicted octanol–water partition coefficient (Wildman–Crippen LogP) is 8.76. The van der Waals surface area contributed by atoms with E-state index < -0.39 is 64.5 Å². The van der Waals surface area contributed by atoms with Crippen molar-refractivity contribution in [3.63, 3.8) is 0 Å². The van der Waals surface area contributed by atoms with E-state index >= 15 is 4.79 Å². The molecule has 6 aromatic rings. The quantitative estimate of drug-likeness (QED) is 0.0939. The van der Waals surface area contributed by atoms with E-state index in [4.69, 9.17) is 11.6 Å². The zero-order valence-corrected chi connectivity index (χ0v) is 32.6. The molecule has 0 aromatic heterocycles. The third kappa shape index (κ3) is 5.54. The first kappa shape index (κ1) is 37.4. The number of phenolic OH excluding ortho intramolecular Hbond substituents is 1. The van der Waals surface area contributed by atoms with Gasteiger partial charge in [0.25, 0.3) is 11.8 Å². The van der Waals surface area contributed by atoms with Gasteiger partial charge in [0.05, 0.1) is 34.5 Å². The SMILES string of the molecule is O=C(c1ccccc1)c1ccc(N2C(=O)C3CC=C4C(CC5C(=O)N(Nc6ccc(F)cc6)C(=O)C5(c5ccc(Cl)cc5)C4c4ccc5ccccc5c4O)C3C2=O)cc1. The number of carbonyl (C=O) groups is 5. The number of anilines is 2. The second-order valence-electron chi connectivity index (χ2n) is 15.9. The number of hydrogen-bond donors (Lipinski definition) is 2. The number of hydrazine groups is 1. The number of halogens is 2. The lowest BCUT2D eigenvalue weighted by molar-refractivity contribution is -0.138. The summed E-state index contributed by atoms with van der Waals surface area (Å²) in [6, 6.07) is 38.2. The molecule has 0 bridgehead atoms. The number of carbonyl (C=O) groups excluding carboxylic acids is 5. The summed E-state index contributed by atoms with van der Waals surface area (Å²) in [5, 5.41) is 14.9. The monoisotopic (exact) mass is 815 g/mol. The van der Waals surface area contributed by atoms with Gasteiger partial charge in [0.1, 0.15) is 11.6 Å². The third-order valence-electron chi connectivity index (χ3n) is 12.9. The lowest BCUT2D eigenvalue weighted by Gasteiger charge is -2.50. The fraction of sp³-hybridized carbons (Fsp3) is 0.163. The van der Waals surface area contributed by atoms with Crippen molar-refractivity contribution in [2.75, 3.05) is 10.3 Å². The third-order valence-corrected chi connectivity index (χ3v) is 13.2. The molecule has 60 heavy (non-hydrogen) atoms. The van der Waals surface area contributed by atoms with Crippen LogP contribution in [0, 0.1) is 29.5 Å². The second-order valence-corrected chi connectivity index (χ2v) is 16.3. The Bertz CT molecular complexity index is 2810. The Morgan fingerprint density at radius 3 is 2.15 bits per heavy atom. The highest BCUT2D eigenvalue weighted by Gasteiger charge is 2.70. The number of nitrogens with one attached hydrogen (secondary N) is 1. The number of ketones is 1. The van der Waals surface area contributed by atoms with Gasteiger partial charge in [-0.05, 0) is 90.4 Å². The first-order valence-electron chi connectivity index (χ1n) is 19.7. The summed E-state index contributed by atoms with van der Waals surface area (Å²) in [5.41, 5.74) is 4.36. The molecule has 3 fully saturated rings. The zero-order valence-electron chi connectivity index (χ0n) is 31.8. The van der Waals surface area contributed by atoms with E-state index in [0.29, 0.717) is 49.6 Å². The normalized spacial score (nSPS) is 24.6. The number of benzene rings is 6. The summed E-state index contributed by atoms with van der Waals surface area (Å²) in [7, 11) is 0. The minimum Gasteiger partial charge on any atom is -0.507 e. The maximum atomic E-state index is 15.5. The molecule has 4 aliphatic rings. The highest BCUT2D eigenvalue weighted by molar-refractivity contribution is 6.30. The first-order chi connectivity index (χ1) is 29.1. The number of allylic oxidation sites excluding steroid dienone is 2. The van der Waals surface area contributed by atoms with Crippen LogP contribution in [-0.2, 0) is 24.6 Å². The van der Waals surface area contributed by atoms with E-state index in [0.717, 1.165) is 10.4 Å². The van der Waals surface area contributed by atoms with Gasteiger partial charge in [-0.2, -0.15) is 5.01 Å². The van der Waals surface area contributed by atoms with Gasteiger partial charge in [0.15, 0.2) is 5.78 Å². The van der Waals surface area contributed by atoms with Crippen molar-refractivity contribution in [2.45, 2.75) is 24.2 Å². The molecule has 2 N–H and O–H groups in total. The second kappa shape index (κ2) is 14.1. The molecule has 2 saturated heterocycles. The van der Waals surface area contributed by atoms with Crippen LogP contribution in [-0.4, -0.2) is 39.5 Å². The molecule has 6 atom stereocenters. The molecule has 6 aromatic carbocycles. The Balaban J connectivity index is 1.11. The number of phenols is 1. The fourth-order valence-electron chi connectivity index (χ4n) is 10.3. The van der Waals surface area contributed by atoms with Crippen LogP contribution in [0.1, 0.15) is 45.8 Å². The molecule has 0 radical (unpaired) electrons. The summed E-state index contributed by atoms with van der Waals surface area (Å²) in [5.74, 6) is -7.17. The molecular formula is C49H35ClFN3O6. The van der Waals surface area contributed by atoms with Gasteiger partial charge in [0.2, 0.25) is 11.8 Å². The Morgan fingerprint density at radius 2 is 1.42 bits per heavy atom. The van der Waals surface area contributed by atoms with E-state index in [1.165, 1.54) is 29.2 Å². The minimum atomic E-state index is -1.66. The average Bonchev–Trinajstić information content (AvgIpc) is 3.65. The molecule has 296 valence electrons. The van der Waals surface area contributed by atoms with Crippen molar-refractivity contribution in [3.8, 4) is 5.75 Å². The summed E-state index contributed by atoms with van der Waals surface area (Å²) in [6.07, 6.45) is 2.13. The number of imide groups is 2. The van der Waals surface area contributed by atoms with Gasteiger partial charge in [-0.25, -0.2) is 4.39 Å². The van der Waals surface area contributed by atoms with Crippen LogP contribution in [0.5, 0.6) is 5.75 Å². The summed E-state index contributed by atoms with van der Waals surface area (Å²) < 4.78 is 14.0. The molecule has 2 heterocycles. The fourth-order valence-corrected chi connectivity index (χ4v) is 10.4. The van der Waals surface area contributed by atoms with E-state index in [-0.39, 0.29) is 24.4 Å². The van der Waals surface area contributed by atoms with Gasteiger partial charge in [-0.15, -0.1) is 0 Å². The van der Waals surface area contributed by atoms with Crippen molar-refractivity contribution in [2.24, 2.45) is 23.7 Å². The van der Waals surface area contributed by atoms with Crippen LogP contribution in [0.25, 0.3) is 10.8 Å². The van der Waals surface area contributed by atoms with Crippen LogP contribution in [0.4, 0.5) is 15.8 Å². The van der Waals surface area contributed by atoms with Gasteiger partial charge in [0, 0.05) is 33.0 Å². The highest BCUT2D eigenvalue weighted by Crippen LogP contribution is 2.65.